The molecule has 4 aromatic rings. The fourth-order valence-electron chi connectivity index (χ4n) is 4.45. The number of barbiturate groups is 1. The molecule has 1 fully saturated rings. The van der Waals surface area contributed by atoms with Gasteiger partial charge in [-0.1, -0.05) is 68.4 Å². The molecule has 1 heterocycles. The number of methoxy groups -OCH3 is 1. The molecule has 0 unspecified atom stereocenters. The van der Waals surface area contributed by atoms with Gasteiger partial charge in [0.25, 0.3) is 11.8 Å². The largest absolute Gasteiger partial charge is 0.493 e. The molecule has 0 aromatic heterocycles. The zero-order chi connectivity index (χ0) is 27.5. The smallest absolute Gasteiger partial charge is 0.335 e. The second kappa shape index (κ2) is 10.8. The van der Waals surface area contributed by atoms with Crippen molar-refractivity contribution in [2.45, 2.75) is 26.4 Å². The summed E-state index contributed by atoms with van der Waals surface area (Å²) in [5.41, 5.74) is 2.86. The van der Waals surface area contributed by atoms with Gasteiger partial charge in [0.05, 0.1) is 12.8 Å². The van der Waals surface area contributed by atoms with E-state index in [1.54, 1.807) is 30.3 Å². The Kier molecular flexibility index (Phi) is 7.14. The molecule has 0 bridgehead atoms. The maximum atomic E-state index is 13.3. The molecule has 1 aliphatic heterocycles. The van der Waals surface area contributed by atoms with Crippen molar-refractivity contribution in [3.63, 3.8) is 0 Å². The molecule has 7 heteroatoms. The van der Waals surface area contributed by atoms with Crippen LogP contribution >= 0.6 is 0 Å². The molecule has 0 aliphatic carbocycles. The van der Waals surface area contributed by atoms with Crippen LogP contribution in [0.5, 0.6) is 11.5 Å². The number of fused-ring (bicyclic) bond motifs is 1. The highest BCUT2D eigenvalue weighted by molar-refractivity contribution is 6.39. The first kappa shape index (κ1) is 25.7. The number of hydrogen-bond donors (Lipinski definition) is 1. The van der Waals surface area contributed by atoms with Gasteiger partial charge >= 0.3 is 6.03 Å². The van der Waals surface area contributed by atoms with Crippen LogP contribution in [0.1, 0.15) is 36.5 Å². The molecule has 196 valence electrons. The van der Waals surface area contributed by atoms with E-state index in [0.717, 1.165) is 26.8 Å². The fourth-order valence-corrected chi connectivity index (χ4v) is 4.45. The van der Waals surface area contributed by atoms with Crippen molar-refractivity contribution in [2.24, 2.45) is 0 Å². The van der Waals surface area contributed by atoms with Gasteiger partial charge in [0.2, 0.25) is 0 Å². The number of hydrogen-bond acceptors (Lipinski definition) is 5. The van der Waals surface area contributed by atoms with Crippen LogP contribution in [0.2, 0.25) is 0 Å². The second-order valence-corrected chi connectivity index (χ2v) is 9.58. The van der Waals surface area contributed by atoms with Gasteiger partial charge < -0.3 is 9.47 Å². The van der Waals surface area contributed by atoms with Gasteiger partial charge in [0.15, 0.2) is 11.5 Å². The average Bonchev–Trinajstić information content (AvgIpc) is 2.94. The number of imide groups is 2. The first-order valence-corrected chi connectivity index (χ1v) is 12.6. The van der Waals surface area contributed by atoms with Crippen LogP contribution < -0.4 is 19.7 Å². The Morgan fingerprint density at radius 2 is 1.59 bits per heavy atom. The van der Waals surface area contributed by atoms with E-state index < -0.39 is 17.8 Å². The van der Waals surface area contributed by atoms with Gasteiger partial charge in [0, 0.05) is 0 Å². The minimum absolute atomic E-state index is 0.158. The topological polar surface area (TPSA) is 84.9 Å². The van der Waals surface area contributed by atoms with Gasteiger partial charge in [-0.05, 0) is 69.8 Å². The number of nitrogens with zero attached hydrogens (tertiary/aromatic N) is 1. The summed E-state index contributed by atoms with van der Waals surface area (Å²) in [5.74, 6) is -0.177. The average molecular weight is 521 g/mol. The summed E-state index contributed by atoms with van der Waals surface area (Å²) in [7, 11) is 1.52. The van der Waals surface area contributed by atoms with E-state index in [1.807, 2.05) is 30.3 Å². The Labute approximate surface area is 226 Å². The summed E-state index contributed by atoms with van der Waals surface area (Å²) >= 11 is 0. The lowest BCUT2D eigenvalue weighted by atomic mass is 10.0. The normalized spacial score (nSPS) is 14.7. The maximum Gasteiger partial charge on any atom is 0.335 e. The zero-order valence-corrected chi connectivity index (χ0v) is 21.9. The zero-order valence-electron chi connectivity index (χ0n) is 21.9. The molecular weight excluding hydrogens is 492 g/mol. The molecule has 1 aliphatic rings. The van der Waals surface area contributed by atoms with Crippen molar-refractivity contribution in [3.8, 4) is 11.5 Å². The predicted octanol–water partition coefficient (Wildman–Crippen LogP) is 6.22. The summed E-state index contributed by atoms with van der Waals surface area (Å²) in [6.45, 7) is 4.46. The van der Waals surface area contributed by atoms with E-state index in [4.69, 9.17) is 9.47 Å². The molecule has 0 spiro atoms. The number of nitrogens with one attached hydrogen (secondary N) is 1. The Morgan fingerprint density at radius 3 is 2.31 bits per heavy atom. The van der Waals surface area contributed by atoms with Gasteiger partial charge in [-0.2, -0.15) is 0 Å². The Morgan fingerprint density at radius 1 is 0.846 bits per heavy atom. The summed E-state index contributed by atoms with van der Waals surface area (Å²) in [4.78, 5) is 39.4. The number of carbonyl (C=O) groups excluding carboxylic acids is 3. The molecule has 5 rings (SSSR count). The van der Waals surface area contributed by atoms with Crippen molar-refractivity contribution in [1.29, 1.82) is 0 Å². The van der Waals surface area contributed by atoms with Crippen molar-refractivity contribution in [2.75, 3.05) is 12.0 Å². The number of urea groups is 1. The van der Waals surface area contributed by atoms with Crippen molar-refractivity contribution in [3.05, 3.63) is 107 Å². The molecule has 0 saturated carbocycles. The Balaban J connectivity index is 1.37. The first-order valence-electron chi connectivity index (χ1n) is 12.6. The summed E-state index contributed by atoms with van der Waals surface area (Å²) < 4.78 is 11.5. The number of anilines is 1. The molecular formula is C32H28N2O5. The van der Waals surface area contributed by atoms with Crippen LogP contribution in [-0.4, -0.2) is 25.0 Å². The van der Waals surface area contributed by atoms with Crippen LogP contribution in [0.25, 0.3) is 16.8 Å². The van der Waals surface area contributed by atoms with E-state index >= 15 is 0 Å². The fraction of sp³-hybridized carbons (Fsp3) is 0.156. The van der Waals surface area contributed by atoms with Gasteiger partial charge in [-0.3, -0.25) is 14.9 Å². The van der Waals surface area contributed by atoms with Crippen LogP contribution in [0, 0.1) is 0 Å². The van der Waals surface area contributed by atoms with E-state index in [2.05, 4.69) is 43.4 Å². The van der Waals surface area contributed by atoms with Crippen LogP contribution in [0.15, 0.2) is 90.5 Å². The molecule has 4 aromatic carbocycles. The molecule has 1 saturated heterocycles. The van der Waals surface area contributed by atoms with Crippen molar-refractivity contribution >= 4 is 40.4 Å². The van der Waals surface area contributed by atoms with E-state index in [9.17, 15) is 14.4 Å². The molecule has 39 heavy (non-hydrogen) atoms. The number of ether oxygens (including phenoxy) is 2. The van der Waals surface area contributed by atoms with E-state index in [-0.39, 0.29) is 5.57 Å². The molecule has 7 nitrogen and oxygen atoms in total. The number of benzene rings is 4. The number of rotatable bonds is 7. The molecule has 0 radical (unpaired) electrons. The molecule has 0 atom stereocenters. The van der Waals surface area contributed by atoms with Gasteiger partial charge in [0.1, 0.15) is 12.2 Å². The highest BCUT2D eigenvalue weighted by Gasteiger charge is 2.36. The van der Waals surface area contributed by atoms with Crippen molar-refractivity contribution < 1.29 is 23.9 Å². The lowest BCUT2D eigenvalue weighted by Crippen LogP contribution is -2.54. The monoisotopic (exact) mass is 520 g/mol. The third kappa shape index (κ3) is 5.38. The van der Waals surface area contributed by atoms with Crippen LogP contribution in [0.4, 0.5) is 10.5 Å². The second-order valence-electron chi connectivity index (χ2n) is 9.58. The molecule has 1 N–H and O–H groups in total. The highest BCUT2D eigenvalue weighted by Crippen LogP contribution is 2.31. The lowest BCUT2D eigenvalue weighted by Gasteiger charge is -2.26. The van der Waals surface area contributed by atoms with Crippen LogP contribution in [-0.2, 0) is 16.2 Å². The lowest BCUT2D eigenvalue weighted by molar-refractivity contribution is -0.122. The van der Waals surface area contributed by atoms with Crippen LogP contribution in [0.3, 0.4) is 0 Å². The Bertz CT molecular complexity index is 1600. The first-order chi connectivity index (χ1) is 18.8. The van der Waals surface area contributed by atoms with Crippen molar-refractivity contribution in [1.82, 2.24) is 5.32 Å². The van der Waals surface area contributed by atoms with E-state index in [1.165, 1.54) is 13.2 Å². The maximum absolute atomic E-state index is 13.3. The molecule has 4 amide bonds. The summed E-state index contributed by atoms with van der Waals surface area (Å²) in [6, 6.07) is 25.7. The summed E-state index contributed by atoms with van der Waals surface area (Å²) in [5, 5.41) is 4.55. The predicted molar refractivity (Wildman–Crippen MR) is 151 cm³/mol. The van der Waals surface area contributed by atoms with E-state index in [0.29, 0.717) is 35.3 Å². The highest BCUT2D eigenvalue weighted by atomic mass is 16.5. The minimum Gasteiger partial charge on any atom is -0.493 e. The third-order valence-electron chi connectivity index (χ3n) is 6.63. The van der Waals surface area contributed by atoms with Gasteiger partial charge in [-0.15, -0.1) is 0 Å². The standard InChI is InChI=1S/C32H28N2O5/c1-20(2)23-11-13-26(14-12-23)34-31(36)27(30(35)33-32(34)37)17-21-9-15-28(29(18-21)38-3)39-19-22-8-10-24-6-4-5-7-25(24)16-22/h4-18,20H,19H2,1-3H3,(H,33,35,37). The minimum atomic E-state index is -0.783. The van der Waals surface area contributed by atoms with Gasteiger partial charge in [-0.25, -0.2) is 9.69 Å². The quantitative estimate of drug-likeness (QED) is 0.231. The third-order valence-corrected chi connectivity index (χ3v) is 6.63. The SMILES string of the molecule is COc1cc(C=C2C(=O)NC(=O)N(c3ccc(C(C)C)cc3)C2=O)ccc1OCc1ccc2ccccc2c1. The number of amides is 4. The Hall–Kier alpha value is -4.91. The number of carbonyl (C=O) groups is 3. The summed E-state index contributed by atoms with van der Waals surface area (Å²) in [6.07, 6.45) is 1.44.